The van der Waals surface area contributed by atoms with Crippen LogP contribution < -0.4 is 0 Å². The van der Waals surface area contributed by atoms with Crippen LogP contribution in [-0.2, 0) is 0 Å². The van der Waals surface area contributed by atoms with E-state index in [2.05, 4.69) is 37.5 Å². The lowest BCUT2D eigenvalue weighted by atomic mass is 9.92. The first kappa shape index (κ1) is 12.9. The summed E-state index contributed by atoms with van der Waals surface area (Å²) in [5.41, 5.74) is 2.65. The van der Waals surface area contributed by atoms with Crippen molar-refractivity contribution in [3.63, 3.8) is 0 Å². The average Bonchev–Trinajstić information content (AvgIpc) is 2.32. The highest BCUT2D eigenvalue weighted by Gasteiger charge is 2.08. The normalized spacial score (nSPS) is 14.9. The van der Waals surface area contributed by atoms with Gasteiger partial charge in [-0.25, -0.2) is 0 Å². The summed E-state index contributed by atoms with van der Waals surface area (Å²) in [7, 11) is 0. The van der Waals surface area contributed by atoms with Crippen LogP contribution in [-0.4, -0.2) is 0 Å². The van der Waals surface area contributed by atoms with Gasteiger partial charge in [-0.3, -0.25) is 0 Å². The first-order valence-electron chi connectivity index (χ1n) is 6.58. The highest BCUT2D eigenvalue weighted by molar-refractivity contribution is 5.44. The summed E-state index contributed by atoms with van der Waals surface area (Å²) >= 11 is 0. The van der Waals surface area contributed by atoms with Crippen molar-refractivity contribution >= 4 is 0 Å². The second-order valence-electron chi connectivity index (χ2n) is 4.27. The Bertz CT molecular complexity index is 313. The maximum absolute atomic E-state index is 3.33. The molecular formula is C16H22. The van der Waals surface area contributed by atoms with Crippen LogP contribution in [0.15, 0.2) is 11.1 Å². The third kappa shape index (κ3) is 4.59. The van der Waals surface area contributed by atoms with Gasteiger partial charge >= 0.3 is 0 Å². The van der Waals surface area contributed by atoms with Crippen LogP contribution in [0.25, 0.3) is 0 Å². The van der Waals surface area contributed by atoms with Crippen LogP contribution >= 0.6 is 0 Å². The second-order valence-corrected chi connectivity index (χ2v) is 4.27. The van der Waals surface area contributed by atoms with Gasteiger partial charge in [-0.15, -0.1) is 0 Å². The molecule has 0 fully saturated rings. The maximum atomic E-state index is 3.33. The highest BCUT2D eigenvalue weighted by atomic mass is 14.1. The minimum absolute atomic E-state index is 1.01. The fourth-order valence-corrected chi connectivity index (χ4v) is 1.77. The van der Waals surface area contributed by atoms with Crippen LogP contribution in [0.1, 0.15) is 65.2 Å². The van der Waals surface area contributed by atoms with Crippen LogP contribution in [0.2, 0.25) is 0 Å². The van der Waals surface area contributed by atoms with Crippen molar-refractivity contribution in [3.8, 4) is 23.7 Å². The van der Waals surface area contributed by atoms with Crippen molar-refractivity contribution in [1.29, 1.82) is 0 Å². The van der Waals surface area contributed by atoms with Gasteiger partial charge in [0.1, 0.15) is 0 Å². The summed E-state index contributed by atoms with van der Waals surface area (Å²) in [6, 6.07) is 0. The third-order valence-corrected chi connectivity index (χ3v) is 2.70. The molecule has 0 unspecified atom stereocenters. The van der Waals surface area contributed by atoms with Crippen molar-refractivity contribution in [2.45, 2.75) is 65.2 Å². The molecular weight excluding hydrogens is 192 g/mol. The number of rotatable bonds is 2. The predicted molar refractivity (Wildman–Crippen MR) is 70.9 cm³/mol. The minimum Gasteiger partial charge on any atom is -0.0982 e. The van der Waals surface area contributed by atoms with Crippen molar-refractivity contribution in [3.05, 3.63) is 11.1 Å². The Morgan fingerprint density at radius 1 is 0.812 bits per heavy atom. The molecule has 1 aliphatic carbocycles. The second kappa shape index (κ2) is 8.06. The molecule has 1 rings (SSSR count). The Balaban J connectivity index is 2.73. The van der Waals surface area contributed by atoms with E-state index in [1.165, 1.54) is 24.0 Å². The van der Waals surface area contributed by atoms with E-state index in [9.17, 15) is 0 Å². The van der Waals surface area contributed by atoms with Gasteiger partial charge in [0.2, 0.25) is 0 Å². The smallest absolute Gasteiger partial charge is 0.0136 e. The molecule has 0 amide bonds. The lowest BCUT2D eigenvalue weighted by Gasteiger charge is -2.11. The summed E-state index contributed by atoms with van der Waals surface area (Å²) in [6.07, 6.45) is 9.19. The number of hydrogen-bond donors (Lipinski definition) is 0. The summed E-state index contributed by atoms with van der Waals surface area (Å²) in [5.74, 6) is 13.2. The SMILES string of the molecule is CCCC#CC1=C(C#CCCC)CCCC1. The fraction of sp³-hybridized carbons (Fsp3) is 0.625. The molecule has 0 aromatic heterocycles. The number of unbranched alkanes of at least 4 members (excludes halogenated alkanes) is 2. The summed E-state index contributed by atoms with van der Waals surface area (Å²) in [5, 5.41) is 0. The quantitative estimate of drug-likeness (QED) is 0.595. The molecule has 86 valence electrons. The zero-order valence-electron chi connectivity index (χ0n) is 10.7. The van der Waals surface area contributed by atoms with E-state index < -0.39 is 0 Å². The van der Waals surface area contributed by atoms with E-state index in [0.29, 0.717) is 0 Å². The summed E-state index contributed by atoms with van der Waals surface area (Å²) < 4.78 is 0. The zero-order valence-corrected chi connectivity index (χ0v) is 10.7. The molecule has 0 nitrogen and oxygen atoms in total. The van der Waals surface area contributed by atoms with Crippen molar-refractivity contribution in [1.82, 2.24) is 0 Å². The molecule has 0 aromatic rings. The molecule has 0 spiro atoms. The van der Waals surface area contributed by atoms with Crippen LogP contribution in [0.4, 0.5) is 0 Å². The average molecular weight is 214 g/mol. The maximum Gasteiger partial charge on any atom is 0.0136 e. The van der Waals surface area contributed by atoms with Gasteiger partial charge in [-0.1, -0.05) is 37.5 Å². The lowest BCUT2D eigenvalue weighted by molar-refractivity contribution is 0.699. The molecule has 0 saturated heterocycles. The molecule has 1 aliphatic rings. The molecule has 0 heterocycles. The van der Waals surface area contributed by atoms with E-state index in [0.717, 1.165) is 38.5 Å². The van der Waals surface area contributed by atoms with Gasteiger partial charge < -0.3 is 0 Å². The van der Waals surface area contributed by atoms with Crippen LogP contribution in [0.3, 0.4) is 0 Å². The minimum atomic E-state index is 1.01. The van der Waals surface area contributed by atoms with E-state index in [-0.39, 0.29) is 0 Å². The lowest BCUT2D eigenvalue weighted by Crippen LogP contribution is -1.96. The van der Waals surface area contributed by atoms with Crippen molar-refractivity contribution < 1.29 is 0 Å². The molecule has 0 saturated carbocycles. The van der Waals surface area contributed by atoms with E-state index >= 15 is 0 Å². The molecule has 0 heteroatoms. The van der Waals surface area contributed by atoms with Crippen LogP contribution in [0, 0.1) is 23.7 Å². The van der Waals surface area contributed by atoms with Crippen molar-refractivity contribution in [2.24, 2.45) is 0 Å². The predicted octanol–water partition coefficient (Wildman–Crippen LogP) is 4.46. The fourth-order valence-electron chi connectivity index (χ4n) is 1.77. The largest absolute Gasteiger partial charge is 0.0982 e. The molecule has 0 radical (unpaired) electrons. The Morgan fingerprint density at radius 2 is 1.25 bits per heavy atom. The Kier molecular flexibility index (Phi) is 6.52. The molecule has 0 atom stereocenters. The van der Waals surface area contributed by atoms with Gasteiger partial charge in [0.15, 0.2) is 0 Å². The summed E-state index contributed by atoms with van der Waals surface area (Å²) in [6.45, 7) is 4.35. The zero-order chi connectivity index (χ0) is 11.6. The Hall–Kier alpha value is -1.14. The van der Waals surface area contributed by atoms with E-state index in [1.807, 2.05) is 0 Å². The van der Waals surface area contributed by atoms with E-state index in [1.54, 1.807) is 0 Å². The molecule has 0 bridgehead atoms. The van der Waals surface area contributed by atoms with Gasteiger partial charge in [0.25, 0.3) is 0 Å². The highest BCUT2D eigenvalue weighted by Crippen LogP contribution is 2.23. The first-order valence-corrected chi connectivity index (χ1v) is 6.58. The monoisotopic (exact) mass is 214 g/mol. The molecule has 0 aromatic carbocycles. The molecule has 16 heavy (non-hydrogen) atoms. The van der Waals surface area contributed by atoms with Crippen LogP contribution in [0.5, 0.6) is 0 Å². The van der Waals surface area contributed by atoms with Gasteiger partial charge in [0.05, 0.1) is 0 Å². The first-order chi connectivity index (χ1) is 7.88. The van der Waals surface area contributed by atoms with Gasteiger partial charge in [0, 0.05) is 24.0 Å². The molecule has 0 aliphatic heterocycles. The van der Waals surface area contributed by atoms with Crippen molar-refractivity contribution in [2.75, 3.05) is 0 Å². The Labute approximate surface area is 101 Å². The van der Waals surface area contributed by atoms with E-state index in [4.69, 9.17) is 0 Å². The summed E-state index contributed by atoms with van der Waals surface area (Å²) in [4.78, 5) is 0. The number of allylic oxidation sites excluding steroid dienone is 2. The van der Waals surface area contributed by atoms with Gasteiger partial charge in [-0.2, -0.15) is 0 Å². The standard InChI is InChI=1S/C16H22/c1-3-5-7-11-15-13-9-10-14-16(15)12-8-6-4-2/h3-6,9-10,13-14H2,1-2H3. The third-order valence-electron chi connectivity index (χ3n) is 2.70. The molecule has 0 N–H and O–H groups in total. The van der Waals surface area contributed by atoms with Gasteiger partial charge in [-0.05, 0) is 38.5 Å². The Morgan fingerprint density at radius 3 is 1.62 bits per heavy atom. The topological polar surface area (TPSA) is 0 Å². The number of hydrogen-bond acceptors (Lipinski definition) is 0.